The van der Waals surface area contributed by atoms with Crippen LogP contribution in [0.1, 0.15) is 18.9 Å². The van der Waals surface area contributed by atoms with Gasteiger partial charge in [-0.1, -0.05) is 47.1 Å². The third-order valence-electron chi connectivity index (χ3n) is 5.52. The smallest absolute Gasteiger partial charge is 0.331 e. The van der Waals surface area contributed by atoms with E-state index in [2.05, 4.69) is 21.2 Å². The van der Waals surface area contributed by atoms with E-state index in [1.54, 1.807) is 15.2 Å². The zero-order valence-corrected chi connectivity index (χ0v) is 18.6. The molecule has 158 valence electrons. The van der Waals surface area contributed by atoms with Crippen LogP contribution in [0.25, 0.3) is 22.9 Å². The SMILES string of the molecule is CCCn1c2nc(-c3ccc(Br)cc3)nc-2c2n(c1=O)CC(Cc1cccc(F)c1)N2. The first-order chi connectivity index (χ1) is 15.0. The Balaban J connectivity index is 1.57. The molecule has 0 saturated carbocycles. The minimum Gasteiger partial charge on any atom is -0.365 e. The molecule has 0 amide bonds. The lowest BCUT2D eigenvalue weighted by Gasteiger charge is -2.13. The number of halogens is 2. The van der Waals surface area contributed by atoms with E-state index in [-0.39, 0.29) is 17.5 Å². The van der Waals surface area contributed by atoms with Crippen LogP contribution >= 0.6 is 15.9 Å². The first kappa shape index (κ1) is 19.9. The molecule has 0 radical (unpaired) electrons. The summed E-state index contributed by atoms with van der Waals surface area (Å²) in [7, 11) is 0. The average Bonchev–Trinajstić information content (AvgIpc) is 3.36. The van der Waals surface area contributed by atoms with Gasteiger partial charge in [0.2, 0.25) is 0 Å². The second kappa shape index (κ2) is 7.92. The predicted octanol–water partition coefficient (Wildman–Crippen LogP) is 4.56. The van der Waals surface area contributed by atoms with E-state index in [0.717, 1.165) is 22.0 Å². The van der Waals surface area contributed by atoms with Crippen molar-refractivity contribution in [2.75, 3.05) is 5.32 Å². The molecule has 0 bridgehead atoms. The quantitative estimate of drug-likeness (QED) is 0.453. The number of hydrogen-bond donors (Lipinski definition) is 1. The predicted molar refractivity (Wildman–Crippen MR) is 122 cm³/mol. The molecular weight excluding hydrogens is 461 g/mol. The van der Waals surface area contributed by atoms with Crippen molar-refractivity contribution in [1.82, 2.24) is 19.1 Å². The van der Waals surface area contributed by atoms with Crippen molar-refractivity contribution in [2.24, 2.45) is 0 Å². The van der Waals surface area contributed by atoms with Crippen molar-refractivity contribution in [3.8, 4) is 22.9 Å². The van der Waals surface area contributed by atoms with E-state index in [0.29, 0.717) is 42.7 Å². The Hall–Kier alpha value is -3.00. The topological polar surface area (TPSA) is 64.7 Å². The van der Waals surface area contributed by atoms with Crippen LogP contribution in [0.3, 0.4) is 0 Å². The molecule has 3 heterocycles. The van der Waals surface area contributed by atoms with Gasteiger partial charge in [0.05, 0.1) is 0 Å². The van der Waals surface area contributed by atoms with E-state index < -0.39 is 0 Å². The summed E-state index contributed by atoms with van der Waals surface area (Å²) in [5.41, 5.74) is 2.37. The summed E-state index contributed by atoms with van der Waals surface area (Å²) in [6.07, 6.45) is 1.43. The highest BCUT2D eigenvalue weighted by molar-refractivity contribution is 9.10. The summed E-state index contributed by atoms with van der Waals surface area (Å²) in [6.45, 7) is 3.11. The fourth-order valence-electron chi connectivity index (χ4n) is 4.13. The standard InChI is InChI=1S/C23H21BrFN5O/c1-2-10-29-22-19(27-20(28-22)15-6-8-16(24)9-7-15)21-26-18(13-30(21)23(29)31)12-14-4-3-5-17(25)11-14/h3-9,11,18,26H,2,10,12-13H2,1H3. The monoisotopic (exact) mass is 481 g/mol. The molecule has 6 nitrogen and oxygen atoms in total. The molecule has 0 aromatic heterocycles. The summed E-state index contributed by atoms with van der Waals surface area (Å²) in [5, 5.41) is 3.45. The van der Waals surface area contributed by atoms with E-state index in [4.69, 9.17) is 9.97 Å². The number of hydrogen-bond acceptors (Lipinski definition) is 4. The summed E-state index contributed by atoms with van der Waals surface area (Å²) >= 11 is 3.45. The van der Waals surface area contributed by atoms with Crippen molar-refractivity contribution < 1.29 is 4.39 Å². The van der Waals surface area contributed by atoms with Gasteiger partial charge < -0.3 is 5.32 Å². The Morgan fingerprint density at radius 3 is 2.74 bits per heavy atom. The lowest BCUT2D eigenvalue weighted by atomic mass is 10.1. The second-order valence-corrected chi connectivity index (χ2v) is 8.71. The van der Waals surface area contributed by atoms with Gasteiger partial charge in [-0.3, -0.25) is 9.13 Å². The van der Waals surface area contributed by atoms with Crippen LogP contribution in [-0.2, 0) is 19.5 Å². The molecule has 31 heavy (non-hydrogen) atoms. The largest absolute Gasteiger partial charge is 0.365 e. The van der Waals surface area contributed by atoms with Crippen LogP contribution in [0.5, 0.6) is 0 Å². The molecule has 0 aliphatic carbocycles. The second-order valence-electron chi connectivity index (χ2n) is 7.80. The van der Waals surface area contributed by atoms with Crippen molar-refractivity contribution in [1.29, 1.82) is 0 Å². The zero-order valence-electron chi connectivity index (χ0n) is 17.0. The Kier molecular flexibility index (Phi) is 5.09. The molecule has 0 saturated heterocycles. The first-order valence-corrected chi connectivity index (χ1v) is 11.1. The Labute approximate surface area is 187 Å². The molecule has 8 heteroatoms. The summed E-state index contributed by atoms with van der Waals surface area (Å²) < 4.78 is 18.0. The molecule has 3 aliphatic rings. The molecule has 0 fully saturated rings. The number of fused-ring (bicyclic) bond motifs is 3. The minimum absolute atomic E-state index is 0.0250. The highest BCUT2D eigenvalue weighted by atomic mass is 79.9. The third kappa shape index (κ3) is 3.65. The van der Waals surface area contributed by atoms with Crippen molar-refractivity contribution in [3.63, 3.8) is 0 Å². The van der Waals surface area contributed by atoms with Crippen LogP contribution < -0.4 is 11.0 Å². The van der Waals surface area contributed by atoms with Gasteiger partial charge in [-0.15, -0.1) is 0 Å². The molecule has 2 aromatic rings. The van der Waals surface area contributed by atoms with Crippen LogP contribution in [0.2, 0.25) is 0 Å². The van der Waals surface area contributed by atoms with Gasteiger partial charge in [-0.2, -0.15) is 0 Å². The maximum atomic E-state index is 13.6. The highest BCUT2D eigenvalue weighted by Gasteiger charge is 2.31. The van der Waals surface area contributed by atoms with E-state index in [1.807, 2.05) is 37.3 Å². The summed E-state index contributed by atoms with van der Waals surface area (Å²) in [4.78, 5) is 22.8. The summed E-state index contributed by atoms with van der Waals surface area (Å²) in [6, 6.07) is 14.4. The van der Waals surface area contributed by atoms with Crippen molar-refractivity contribution in [2.45, 2.75) is 38.9 Å². The molecule has 3 aliphatic heterocycles. The number of nitrogens with zero attached hydrogens (tertiary/aromatic N) is 4. The Morgan fingerprint density at radius 1 is 1.19 bits per heavy atom. The van der Waals surface area contributed by atoms with Gasteiger partial charge in [0.1, 0.15) is 17.3 Å². The number of rotatable bonds is 5. The first-order valence-electron chi connectivity index (χ1n) is 10.3. The number of benzene rings is 2. The molecule has 1 unspecified atom stereocenters. The van der Waals surface area contributed by atoms with Gasteiger partial charge in [0.15, 0.2) is 11.6 Å². The normalized spacial score (nSPS) is 15.3. The molecule has 1 atom stereocenters. The van der Waals surface area contributed by atoms with Gasteiger partial charge in [0.25, 0.3) is 0 Å². The van der Waals surface area contributed by atoms with E-state index >= 15 is 0 Å². The Morgan fingerprint density at radius 2 is 2.00 bits per heavy atom. The molecule has 2 aromatic carbocycles. The third-order valence-corrected chi connectivity index (χ3v) is 6.05. The number of nitrogens with one attached hydrogen (secondary N) is 1. The van der Waals surface area contributed by atoms with E-state index in [1.165, 1.54) is 12.1 Å². The zero-order chi connectivity index (χ0) is 21.5. The van der Waals surface area contributed by atoms with Gasteiger partial charge >= 0.3 is 5.69 Å². The average molecular weight is 482 g/mol. The Bertz CT molecular complexity index is 1280. The number of anilines is 1. The number of aromatic nitrogens is 4. The van der Waals surface area contributed by atoms with Crippen LogP contribution in [0.4, 0.5) is 10.2 Å². The molecular formula is C23H21BrFN5O. The fourth-order valence-corrected chi connectivity index (χ4v) is 4.40. The molecule has 5 rings (SSSR count). The van der Waals surface area contributed by atoms with Crippen LogP contribution in [0.15, 0.2) is 57.8 Å². The van der Waals surface area contributed by atoms with Gasteiger partial charge in [-0.25, -0.2) is 19.2 Å². The maximum Gasteiger partial charge on any atom is 0.331 e. The van der Waals surface area contributed by atoms with Crippen molar-refractivity contribution >= 4 is 21.7 Å². The number of imidazole rings is 1. The van der Waals surface area contributed by atoms with Gasteiger partial charge in [0, 0.05) is 29.2 Å². The van der Waals surface area contributed by atoms with Gasteiger partial charge in [-0.05, 0) is 42.7 Å². The lowest BCUT2D eigenvalue weighted by Crippen LogP contribution is -2.32. The lowest BCUT2D eigenvalue weighted by molar-refractivity contribution is 0.559. The van der Waals surface area contributed by atoms with Crippen LogP contribution in [0, 0.1) is 5.82 Å². The van der Waals surface area contributed by atoms with Crippen LogP contribution in [-0.4, -0.2) is 25.1 Å². The highest BCUT2D eigenvalue weighted by Crippen LogP contribution is 2.33. The van der Waals surface area contributed by atoms with E-state index in [9.17, 15) is 9.18 Å². The van der Waals surface area contributed by atoms with Crippen molar-refractivity contribution in [3.05, 3.63) is 74.9 Å². The molecule has 1 N–H and O–H groups in total. The minimum atomic E-state index is -0.255. The maximum absolute atomic E-state index is 13.6. The fraction of sp³-hybridized carbons (Fsp3) is 0.261. The molecule has 0 spiro atoms. The summed E-state index contributed by atoms with van der Waals surface area (Å²) in [5.74, 6) is 1.62.